The average Bonchev–Trinajstić information content (AvgIpc) is 2.70. The van der Waals surface area contributed by atoms with E-state index in [9.17, 15) is 19.3 Å². The van der Waals surface area contributed by atoms with E-state index in [1.165, 1.54) is 16.8 Å². The molecule has 0 spiro atoms. The van der Waals surface area contributed by atoms with Gasteiger partial charge in [-0.1, -0.05) is 0 Å². The predicted octanol–water partition coefficient (Wildman–Crippen LogP) is 1.99. The monoisotopic (exact) mass is 279 g/mol. The van der Waals surface area contributed by atoms with Crippen LogP contribution in [0.4, 0.5) is 10.1 Å². The van der Waals surface area contributed by atoms with Crippen LogP contribution < -0.4 is 0 Å². The van der Waals surface area contributed by atoms with E-state index < -0.39 is 16.7 Å². The number of imidazole rings is 1. The fraction of sp³-hybridized carbons (Fsp3) is 0.167. The summed E-state index contributed by atoms with van der Waals surface area (Å²) in [7, 11) is 0. The second-order valence-electron chi connectivity index (χ2n) is 4.16. The Balaban J connectivity index is 2.42. The molecule has 0 aliphatic carbocycles. The van der Waals surface area contributed by atoms with Crippen molar-refractivity contribution in [3.05, 3.63) is 57.4 Å². The van der Waals surface area contributed by atoms with Crippen LogP contribution in [0.15, 0.2) is 24.4 Å². The number of nitrogens with zero attached hydrogens (tertiary/aromatic N) is 3. The highest BCUT2D eigenvalue weighted by Crippen LogP contribution is 2.18. The maximum Gasteiger partial charge on any atom is 0.354 e. The lowest BCUT2D eigenvalue weighted by molar-refractivity contribution is -0.385. The Morgan fingerprint density at radius 1 is 1.50 bits per heavy atom. The molecule has 2 rings (SSSR count). The van der Waals surface area contributed by atoms with Gasteiger partial charge in [0.25, 0.3) is 5.69 Å². The van der Waals surface area contributed by atoms with Crippen LogP contribution in [0.3, 0.4) is 0 Å². The van der Waals surface area contributed by atoms with Crippen LogP contribution in [0.5, 0.6) is 0 Å². The number of carboxylic acid groups (broad SMARTS) is 1. The zero-order valence-electron chi connectivity index (χ0n) is 10.4. The second kappa shape index (κ2) is 5.08. The fourth-order valence-corrected chi connectivity index (χ4v) is 1.85. The lowest BCUT2D eigenvalue weighted by atomic mass is 10.2. The van der Waals surface area contributed by atoms with Crippen LogP contribution in [0, 0.1) is 22.9 Å². The summed E-state index contributed by atoms with van der Waals surface area (Å²) in [5.41, 5.74) is -0.149. The van der Waals surface area contributed by atoms with Crippen molar-refractivity contribution in [2.45, 2.75) is 13.5 Å². The molecule has 20 heavy (non-hydrogen) atoms. The Morgan fingerprint density at radius 2 is 2.20 bits per heavy atom. The number of carbonyl (C=O) groups is 1. The number of hydrogen-bond acceptors (Lipinski definition) is 4. The van der Waals surface area contributed by atoms with E-state index in [1.54, 1.807) is 6.92 Å². The lowest BCUT2D eigenvalue weighted by Crippen LogP contribution is -2.11. The topological polar surface area (TPSA) is 98.3 Å². The molecule has 1 N–H and O–H groups in total. The van der Waals surface area contributed by atoms with Crippen LogP contribution in [-0.2, 0) is 6.54 Å². The van der Waals surface area contributed by atoms with Gasteiger partial charge >= 0.3 is 5.97 Å². The molecule has 0 radical (unpaired) electrons. The standard InChI is InChI=1S/C12H10FN3O4/c1-7-14-5-11(12(17)18)15(7)6-8-2-9(13)4-10(3-8)16(19)20/h2-5H,6H2,1H3,(H,17,18). The largest absolute Gasteiger partial charge is 0.477 e. The van der Waals surface area contributed by atoms with Gasteiger partial charge in [-0.2, -0.15) is 0 Å². The molecule has 104 valence electrons. The molecule has 1 heterocycles. The van der Waals surface area contributed by atoms with Crippen molar-refractivity contribution >= 4 is 11.7 Å². The van der Waals surface area contributed by atoms with Gasteiger partial charge in [0, 0.05) is 12.6 Å². The van der Waals surface area contributed by atoms with Crippen LogP contribution in [0.25, 0.3) is 0 Å². The number of benzene rings is 1. The third-order valence-corrected chi connectivity index (χ3v) is 2.77. The second-order valence-corrected chi connectivity index (χ2v) is 4.16. The maximum absolute atomic E-state index is 13.3. The SMILES string of the molecule is Cc1ncc(C(=O)O)n1Cc1cc(F)cc([N+](=O)[O-])c1. The first-order chi connectivity index (χ1) is 9.38. The fourth-order valence-electron chi connectivity index (χ4n) is 1.85. The van der Waals surface area contributed by atoms with E-state index in [4.69, 9.17) is 5.11 Å². The van der Waals surface area contributed by atoms with Crippen molar-refractivity contribution < 1.29 is 19.2 Å². The summed E-state index contributed by atoms with van der Waals surface area (Å²) in [5.74, 6) is -1.49. The van der Waals surface area contributed by atoms with Crippen LogP contribution in [0.2, 0.25) is 0 Å². The predicted molar refractivity (Wildman–Crippen MR) is 66.1 cm³/mol. The maximum atomic E-state index is 13.3. The molecule has 1 aromatic carbocycles. The van der Waals surface area contributed by atoms with Crippen molar-refractivity contribution in [2.24, 2.45) is 0 Å². The number of rotatable bonds is 4. The van der Waals surface area contributed by atoms with E-state index in [0.717, 1.165) is 12.1 Å². The number of hydrogen-bond donors (Lipinski definition) is 1. The van der Waals surface area contributed by atoms with E-state index in [1.807, 2.05) is 0 Å². The first-order valence-electron chi connectivity index (χ1n) is 5.57. The number of carboxylic acids is 1. The third kappa shape index (κ3) is 2.63. The van der Waals surface area contributed by atoms with E-state index in [-0.39, 0.29) is 17.9 Å². The Bertz CT molecular complexity index is 696. The highest BCUT2D eigenvalue weighted by Gasteiger charge is 2.15. The van der Waals surface area contributed by atoms with Crippen molar-refractivity contribution in [2.75, 3.05) is 0 Å². The van der Waals surface area contributed by atoms with Crippen molar-refractivity contribution in [1.82, 2.24) is 9.55 Å². The Labute approximate surface area is 112 Å². The number of halogens is 1. The van der Waals surface area contributed by atoms with Gasteiger partial charge in [0.05, 0.1) is 17.2 Å². The number of aromatic carboxylic acids is 1. The van der Waals surface area contributed by atoms with E-state index >= 15 is 0 Å². The van der Waals surface area contributed by atoms with Crippen LogP contribution >= 0.6 is 0 Å². The molecule has 0 atom stereocenters. The summed E-state index contributed by atoms with van der Waals surface area (Å²) in [6.45, 7) is 1.59. The van der Waals surface area contributed by atoms with Gasteiger partial charge in [-0.3, -0.25) is 10.1 Å². The van der Waals surface area contributed by atoms with Gasteiger partial charge < -0.3 is 9.67 Å². The average molecular weight is 279 g/mol. The molecule has 0 saturated carbocycles. The summed E-state index contributed by atoms with van der Waals surface area (Å²) in [6.07, 6.45) is 1.19. The summed E-state index contributed by atoms with van der Waals surface area (Å²) >= 11 is 0. The lowest BCUT2D eigenvalue weighted by Gasteiger charge is -2.08. The zero-order valence-corrected chi connectivity index (χ0v) is 10.4. The van der Waals surface area contributed by atoms with Gasteiger partial charge in [-0.15, -0.1) is 0 Å². The summed E-state index contributed by atoms with van der Waals surface area (Å²) < 4.78 is 14.7. The minimum absolute atomic E-state index is 0.00787. The number of aromatic nitrogens is 2. The molecule has 8 heteroatoms. The van der Waals surface area contributed by atoms with Crippen molar-refractivity contribution in [1.29, 1.82) is 0 Å². The summed E-state index contributed by atoms with van der Waals surface area (Å²) in [4.78, 5) is 24.9. The molecule has 1 aromatic heterocycles. The Hall–Kier alpha value is -2.77. The normalized spacial score (nSPS) is 10.5. The molecule has 0 aliphatic rings. The van der Waals surface area contributed by atoms with Crippen molar-refractivity contribution in [3.8, 4) is 0 Å². The third-order valence-electron chi connectivity index (χ3n) is 2.77. The van der Waals surface area contributed by atoms with Gasteiger partial charge in [0.2, 0.25) is 0 Å². The highest BCUT2D eigenvalue weighted by molar-refractivity contribution is 5.85. The Morgan fingerprint density at radius 3 is 2.80 bits per heavy atom. The summed E-state index contributed by atoms with van der Waals surface area (Å²) in [5, 5.41) is 19.7. The van der Waals surface area contributed by atoms with Crippen LogP contribution in [-0.4, -0.2) is 25.6 Å². The Kier molecular flexibility index (Phi) is 3.47. The molecule has 0 saturated heterocycles. The molecule has 0 amide bonds. The number of non-ortho nitro benzene ring substituents is 1. The minimum atomic E-state index is -1.17. The zero-order chi connectivity index (χ0) is 14.9. The van der Waals surface area contributed by atoms with Crippen molar-refractivity contribution in [3.63, 3.8) is 0 Å². The molecule has 0 bridgehead atoms. The number of nitro benzene ring substituents is 1. The van der Waals surface area contributed by atoms with Gasteiger partial charge in [0.15, 0.2) is 0 Å². The molecule has 7 nitrogen and oxygen atoms in total. The van der Waals surface area contributed by atoms with Crippen LogP contribution in [0.1, 0.15) is 21.9 Å². The molecule has 0 unspecified atom stereocenters. The molecule has 0 fully saturated rings. The smallest absolute Gasteiger partial charge is 0.354 e. The molecular weight excluding hydrogens is 269 g/mol. The van der Waals surface area contributed by atoms with Gasteiger partial charge in [0.1, 0.15) is 17.3 Å². The quantitative estimate of drug-likeness (QED) is 0.681. The highest BCUT2D eigenvalue weighted by atomic mass is 19.1. The number of nitro groups is 1. The van der Waals surface area contributed by atoms with E-state index in [0.29, 0.717) is 11.4 Å². The first kappa shape index (κ1) is 13.7. The summed E-state index contributed by atoms with van der Waals surface area (Å²) in [6, 6.07) is 3.13. The molecule has 0 aliphatic heterocycles. The molecular formula is C12H10FN3O4. The van der Waals surface area contributed by atoms with E-state index in [2.05, 4.69) is 4.98 Å². The first-order valence-corrected chi connectivity index (χ1v) is 5.57. The van der Waals surface area contributed by atoms with Gasteiger partial charge in [-0.25, -0.2) is 14.2 Å². The molecule has 2 aromatic rings. The van der Waals surface area contributed by atoms with Gasteiger partial charge in [-0.05, 0) is 18.6 Å². The number of aryl methyl sites for hydroxylation is 1. The minimum Gasteiger partial charge on any atom is -0.477 e.